The molecule has 0 amide bonds. The molecule has 0 atom stereocenters. The van der Waals surface area contributed by atoms with Crippen LogP contribution in [0.2, 0.25) is 0 Å². The topological polar surface area (TPSA) is 35.2 Å². The lowest BCUT2D eigenvalue weighted by molar-refractivity contribution is -0.290. The van der Waals surface area contributed by atoms with E-state index in [2.05, 4.69) is 39.9 Å². The Morgan fingerprint density at radius 3 is 1.33 bits per heavy atom. The summed E-state index contributed by atoms with van der Waals surface area (Å²) in [5.41, 5.74) is -0.512. The molecule has 0 bridgehead atoms. The summed E-state index contributed by atoms with van der Waals surface area (Å²) in [6.45, 7) is 11.7. The fraction of sp³-hybridized carbons (Fsp3) is 1.00. The van der Waals surface area contributed by atoms with Crippen molar-refractivity contribution in [3.8, 4) is 0 Å². The van der Waals surface area contributed by atoms with Crippen LogP contribution < -0.4 is 5.32 Å². The van der Waals surface area contributed by atoms with Gasteiger partial charge in [0.25, 0.3) is 0 Å². The van der Waals surface area contributed by atoms with Gasteiger partial charge in [0.2, 0.25) is 0 Å². The zero-order valence-electron chi connectivity index (χ0n) is 21.4. The van der Waals surface area contributed by atoms with Crippen molar-refractivity contribution >= 4 is 0 Å². The first-order valence-electron chi connectivity index (χ1n) is 13.5. The molecule has 0 aromatic heterocycles. The molecule has 1 rings (SSSR count). The van der Waals surface area contributed by atoms with Gasteiger partial charge >= 0.3 is 0 Å². The third-order valence-corrected chi connectivity index (χ3v) is 7.05. The van der Waals surface area contributed by atoms with E-state index in [0.29, 0.717) is 6.04 Å². The van der Waals surface area contributed by atoms with Crippen LogP contribution in [-0.2, 0) is 5.21 Å². The molecule has 1 radical (unpaired) electrons. The van der Waals surface area contributed by atoms with Crippen LogP contribution in [0.25, 0.3) is 0 Å². The lowest BCUT2D eigenvalue weighted by Crippen LogP contribution is -2.61. The maximum Gasteiger partial charge on any atom is 0.0458 e. The lowest BCUT2D eigenvalue weighted by Gasteiger charge is -2.50. The molecular weight excluding hydrogens is 368 g/mol. The van der Waals surface area contributed by atoms with Crippen LogP contribution in [0.4, 0.5) is 0 Å². The van der Waals surface area contributed by atoms with Crippen molar-refractivity contribution < 1.29 is 5.21 Å². The first-order chi connectivity index (χ1) is 14.3. The first-order valence-corrected chi connectivity index (χ1v) is 13.5. The van der Waals surface area contributed by atoms with Gasteiger partial charge in [-0.25, -0.2) is 0 Å². The second-order valence-corrected chi connectivity index (χ2v) is 11.3. The second kappa shape index (κ2) is 15.6. The van der Waals surface area contributed by atoms with Crippen LogP contribution in [0.15, 0.2) is 0 Å². The molecule has 1 N–H and O–H groups in total. The monoisotopic (exact) mass is 423 g/mol. The Morgan fingerprint density at radius 2 is 0.967 bits per heavy atom. The van der Waals surface area contributed by atoms with Crippen LogP contribution in [-0.4, -0.2) is 28.7 Å². The summed E-state index contributed by atoms with van der Waals surface area (Å²) in [4.78, 5) is 0. The molecule has 30 heavy (non-hydrogen) atoms. The number of hydrogen-bond donors (Lipinski definition) is 1. The SMILES string of the molecule is CCCCCCCCCCCCCCCCCCNC1CC(C)(C)N([O])C(C)(C)C1. The van der Waals surface area contributed by atoms with Gasteiger partial charge in [-0.2, -0.15) is 0 Å². The molecule has 1 heterocycles. The summed E-state index contributed by atoms with van der Waals surface area (Å²) in [7, 11) is 0. The molecule has 3 nitrogen and oxygen atoms in total. The Bertz CT molecular complexity index is 390. The Kier molecular flexibility index (Phi) is 14.6. The van der Waals surface area contributed by atoms with Crippen LogP contribution in [0.1, 0.15) is 150 Å². The van der Waals surface area contributed by atoms with E-state index in [1.807, 2.05) is 0 Å². The van der Waals surface area contributed by atoms with E-state index in [4.69, 9.17) is 0 Å². The van der Waals surface area contributed by atoms with E-state index in [-0.39, 0.29) is 11.1 Å². The van der Waals surface area contributed by atoms with Gasteiger partial charge in [-0.3, -0.25) is 0 Å². The van der Waals surface area contributed by atoms with Gasteiger partial charge in [0.05, 0.1) is 0 Å². The Balaban J connectivity index is 1.86. The number of rotatable bonds is 18. The largest absolute Gasteiger partial charge is 0.314 e. The van der Waals surface area contributed by atoms with Crippen molar-refractivity contribution in [3.05, 3.63) is 0 Å². The molecule has 0 aliphatic carbocycles. The van der Waals surface area contributed by atoms with Gasteiger partial charge in [0.15, 0.2) is 0 Å². The third kappa shape index (κ3) is 12.1. The number of unbranched alkanes of at least 4 members (excludes halogenated alkanes) is 15. The molecule has 1 saturated heterocycles. The van der Waals surface area contributed by atoms with Crippen molar-refractivity contribution in [2.75, 3.05) is 6.54 Å². The quantitative estimate of drug-likeness (QED) is 0.225. The predicted molar refractivity (Wildman–Crippen MR) is 131 cm³/mol. The van der Waals surface area contributed by atoms with Gasteiger partial charge in [-0.15, -0.1) is 10.3 Å². The second-order valence-electron chi connectivity index (χ2n) is 11.3. The Morgan fingerprint density at radius 1 is 0.633 bits per heavy atom. The highest BCUT2D eigenvalue weighted by atomic mass is 16.5. The number of hydroxylamine groups is 2. The average molecular weight is 424 g/mol. The molecule has 3 heteroatoms. The highest BCUT2D eigenvalue weighted by molar-refractivity contribution is 4.98. The number of nitrogens with zero attached hydrogens (tertiary/aromatic N) is 1. The van der Waals surface area contributed by atoms with E-state index >= 15 is 0 Å². The van der Waals surface area contributed by atoms with Crippen LogP contribution in [0, 0.1) is 0 Å². The predicted octanol–water partition coefficient (Wildman–Crippen LogP) is 8.20. The normalized spacial score (nSPS) is 19.4. The minimum atomic E-state index is -0.256. The smallest absolute Gasteiger partial charge is 0.0458 e. The molecule has 0 aromatic carbocycles. The molecule has 0 saturated carbocycles. The highest BCUT2D eigenvalue weighted by Gasteiger charge is 2.45. The van der Waals surface area contributed by atoms with Crippen molar-refractivity contribution in [1.29, 1.82) is 0 Å². The van der Waals surface area contributed by atoms with Gasteiger partial charge in [-0.1, -0.05) is 103 Å². The molecule has 1 fully saturated rings. The van der Waals surface area contributed by atoms with E-state index in [0.717, 1.165) is 19.4 Å². The summed E-state index contributed by atoms with van der Waals surface area (Å²) in [6.07, 6.45) is 24.6. The molecular formula is C27H55N2O. The number of hydrogen-bond acceptors (Lipinski definition) is 2. The van der Waals surface area contributed by atoms with Crippen LogP contribution in [0.3, 0.4) is 0 Å². The molecule has 1 aliphatic heterocycles. The molecule has 179 valence electrons. The summed E-state index contributed by atoms with van der Waals surface area (Å²) in [5.74, 6) is 0. The van der Waals surface area contributed by atoms with Gasteiger partial charge in [0.1, 0.15) is 0 Å². The van der Waals surface area contributed by atoms with Crippen molar-refractivity contribution in [2.24, 2.45) is 0 Å². The van der Waals surface area contributed by atoms with Crippen molar-refractivity contribution in [2.45, 2.75) is 167 Å². The fourth-order valence-corrected chi connectivity index (χ4v) is 5.39. The number of piperidine rings is 1. The van der Waals surface area contributed by atoms with Crippen molar-refractivity contribution in [3.63, 3.8) is 0 Å². The van der Waals surface area contributed by atoms with E-state index in [1.165, 1.54) is 108 Å². The van der Waals surface area contributed by atoms with Crippen molar-refractivity contribution in [1.82, 2.24) is 10.4 Å². The zero-order valence-corrected chi connectivity index (χ0v) is 21.4. The summed E-state index contributed by atoms with van der Waals surface area (Å²) < 4.78 is 0. The van der Waals surface area contributed by atoms with E-state index in [9.17, 15) is 5.21 Å². The lowest BCUT2D eigenvalue weighted by atomic mass is 9.79. The minimum Gasteiger partial charge on any atom is -0.314 e. The Hall–Kier alpha value is -0.120. The molecule has 0 aromatic rings. The zero-order chi connectivity index (χ0) is 22.3. The first kappa shape index (κ1) is 27.9. The standard InChI is InChI=1S/C27H55N2O/c1-6-7-8-9-10-11-12-13-14-15-16-17-18-19-20-21-22-28-25-23-26(2,3)29(30)27(4,5)24-25/h25,28H,6-24H2,1-5H3. The van der Waals surface area contributed by atoms with Gasteiger partial charge < -0.3 is 5.32 Å². The van der Waals surface area contributed by atoms with E-state index in [1.54, 1.807) is 0 Å². The summed E-state index contributed by atoms with van der Waals surface area (Å²) in [5, 5.41) is 17.5. The molecule has 0 unspecified atom stereocenters. The highest BCUT2D eigenvalue weighted by Crippen LogP contribution is 2.36. The fourth-order valence-electron chi connectivity index (χ4n) is 5.39. The van der Waals surface area contributed by atoms with Crippen LogP contribution in [0.5, 0.6) is 0 Å². The van der Waals surface area contributed by atoms with Crippen LogP contribution >= 0.6 is 0 Å². The minimum absolute atomic E-state index is 0.256. The third-order valence-electron chi connectivity index (χ3n) is 7.05. The average Bonchev–Trinajstić information content (AvgIpc) is 2.68. The van der Waals surface area contributed by atoms with Gasteiger partial charge in [0, 0.05) is 17.1 Å². The molecule has 1 aliphatic rings. The van der Waals surface area contributed by atoms with E-state index < -0.39 is 0 Å². The maximum atomic E-state index is 12.4. The Labute approximate surface area is 189 Å². The summed E-state index contributed by atoms with van der Waals surface area (Å²) in [6, 6.07) is 0.483. The molecule has 0 spiro atoms. The summed E-state index contributed by atoms with van der Waals surface area (Å²) >= 11 is 0. The maximum absolute atomic E-state index is 12.4. The van der Waals surface area contributed by atoms with Gasteiger partial charge in [-0.05, 0) is 53.5 Å². The number of nitrogens with one attached hydrogen (secondary N) is 1.